The first kappa shape index (κ1) is 23.2. The first-order chi connectivity index (χ1) is 13.9. The van der Waals surface area contributed by atoms with Crippen LogP contribution in [-0.4, -0.2) is 11.9 Å². The van der Waals surface area contributed by atoms with Gasteiger partial charge in [0.25, 0.3) is 0 Å². The summed E-state index contributed by atoms with van der Waals surface area (Å²) in [5.41, 5.74) is -2.95. The largest absolute Gasteiger partial charge is 0.461 e. The lowest BCUT2D eigenvalue weighted by Crippen LogP contribution is -2.13. The Labute approximate surface area is 167 Å². The van der Waals surface area contributed by atoms with E-state index in [1.54, 1.807) is 6.92 Å². The fraction of sp³-hybridized carbons (Fsp3) is 0.300. The SMILES string of the molecule is CCC(=O)Oc1ccc(CC(=O)OCc2cc(C(F)(F)F)cc(C(F)(F)F)c2)cc1. The van der Waals surface area contributed by atoms with E-state index in [2.05, 4.69) is 0 Å². The van der Waals surface area contributed by atoms with E-state index in [9.17, 15) is 35.9 Å². The number of halogens is 6. The van der Waals surface area contributed by atoms with Gasteiger partial charge in [0.15, 0.2) is 0 Å². The second kappa shape index (κ2) is 9.19. The smallest absolute Gasteiger partial charge is 0.416 e. The van der Waals surface area contributed by atoms with Gasteiger partial charge >= 0.3 is 24.3 Å². The van der Waals surface area contributed by atoms with E-state index >= 15 is 0 Å². The standard InChI is InChI=1S/C20H16F6O4/c1-2-17(27)30-16-5-3-12(4-6-16)9-18(28)29-11-13-7-14(19(21,22)23)10-15(8-13)20(24,25)26/h3-8,10H,2,9,11H2,1H3. The van der Waals surface area contributed by atoms with Crippen molar-refractivity contribution in [2.45, 2.75) is 38.7 Å². The molecule has 0 aromatic heterocycles. The quantitative estimate of drug-likeness (QED) is 0.351. The van der Waals surface area contributed by atoms with Gasteiger partial charge in [0.05, 0.1) is 17.5 Å². The van der Waals surface area contributed by atoms with Crippen LogP contribution in [-0.2, 0) is 39.7 Å². The number of benzene rings is 2. The van der Waals surface area contributed by atoms with Gasteiger partial charge in [0.1, 0.15) is 12.4 Å². The van der Waals surface area contributed by atoms with E-state index in [4.69, 9.17) is 9.47 Å². The van der Waals surface area contributed by atoms with Crippen LogP contribution in [0.25, 0.3) is 0 Å². The van der Waals surface area contributed by atoms with Gasteiger partial charge in [0, 0.05) is 6.42 Å². The van der Waals surface area contributed by atoms with Crippen molar-refractivity contribution in [2.24, 2.45) is 0 Å². The minimum absolute atomic E-state index is 0.00175. The van der Waals surface area contributed by atoms with E-state index in [0.717, 1.165) is 0 Å². The summed E-state index contributed by atoms with van der Waals surface area (Å²) in [4.78, 5) is 23.1. The highest BCUT2D eigenvalue weighted by Gasteiger charge is 2.36. The third-order valence-corrected chi connectivity index (χ3v) is 3.84. The van der Waals surface area contributed by atoms with E-state index < -0.39 is 47.6 Å². The number of carbonyl (C=O) groups is 2. The fourth-order valence-corrected chi connectivity index (χ4v) is 2.36. The lowest BCUT2D eigenvalue weighted by molar-refractivity contribution is -0.144. The molecule has 0 N–H and O–H groups in total. The summed E-state index contributed by atoms with van der Waals surface area (Å²) < 4.78 is 86.9. The summed E-state index contributed by atoms with van der Waals surface area (Å²) in [6, 6.07) is 6.84. The molecule has 0 fully saturated rings. The van der Waals surface area contributed by atoms with Crippen LogP contribution in [0.5, 0.6) is 5.75 Å². The Balaban J connectivity index is 2.04. The molecule has 30 heavy (non-hydrogen) atoms. The Kier molecular flexibility index (Phi) is 7.12. The van der Waals surface area contributed by atoms with Crippen molar-refractivity contribution in [2.75, 3.05) is 0 Å². The summed E-state index contributed by atoms with van der Waals surface area (Å²) >= 11 is 0. The highest BCUT2D eigenvalue weighted by atomic mass is 19.4. The van der Waals surface area contributed by atoms with Gasteiger partial charge in [-0.05, 0) is 41.5 Å². The van der Waals surface area contributed by atoms with Gasteiger partial charge in [-0.25, -0.2) is 0 Å². The topological polar surface area (TPSA) is 52.6 Å². The van der Waals surface area contributed by atoms with Crippen LogP contribution in [0.2, 0.25) is 0 Å². The molecule has 0 aliphatic rings. The highest BCUT2D eigenvalue weighted by Crippen LogP contribution is 2.36. The van der Waals surface area contributed by atoms with E-state index in [-0.39, 0.29) is 24.7 Å². The van der Waals surface area contributed by atoms with Gasteiger partial charge < -0.3 is 9.47 Å². The molecule has 10 heteroatoms. The maximum absolute atomic E-state index is 12.9. The molecule has 0 aliphatic heterocycles. The molecule has 0 heterocycles. The fourth-order valence-electron chi connectivity index (χ4n) is 2.36. The molecule has 4 nitrogen and oxygen atoms in total. The average Bonchev–Trinajstić information content (AvgIpc) is 2.66. The lowest BCUT2D eigenvalue weighted by atomic mass is 10.1. The van der Waals surface area contributed by atoms with Crippen LogP contribution in [0.3, 0.4) is 0 Å². The van der Waals surface area contributed by atoms with Crippen LogP contribution in [0.1, 0.15) is 35.6 Å². The van der Waals surface area contributed by atoms with Crippen LogP contribution >= 0.6 is 0 Å². The molecular formula is C20H16F6O4. The summed E-state index contributed by atoms with van der Waals surface area (Å²) in [5.74, 6) is -1.02. The first-order valence-electron chi connectivity index (χ1n) is 8.62. The molecule has 0 amide bonds. The summed E-state index contributed by atoms with van der Waals surface area (Å²) in [7, 11) is 0. The van der Waals surface area contributed by atoms with Crippen molar-refractivity contribution < 1.29 is 45.4 Å². The monoisotopic (exact) mass is 434 g/mol. The lowest BCUT2D eigenvalue weighted by Gasteiger charge is -2.14. The third kappa shape index (κ3) is 6.78. The van der Waals surface area contributed by atoms with Crippen molar-refractivity contribution in [3.63, 3.8) is 0 Å². The van der Waals surface area contributed by atoms with Gasteiger partial charge in [-0.15, -0.1) is 0 Å². The second-order valence-corrected chi connectivity index (χ2v) is 6.22. The zero-order valence-electron chi connectivity index (χ0n) is 15.6. The van der Waals surface area contributed by atoms with Crippen LogP contribution in [0.4, 0.5) is 26.3 Å². The molecule has 2 aromatic rings. The minimum atomic E-state index is -4.98. The second-order valence-electron chi connectivity index (χ2n) is 6.22. The average molecular weight is 434 g/mol. The molecule has 0 radical (unpaired) electrons. The highest BCUT2D eigenvalue weighted by molar-refractivity contribution is 5.73. The Morgan fingerprint density at radius 2 is 1.33 bits per heavy atom. The minimum Gasteiger partial charge on any atom is -0.461 e. The summed E-state index contributed by atoms with van der Waals surface area (Å²) in [6.45, 7) is 0.868. The van der Waals surface area contributed by atoms with E-state index in [1.807, 2.05) is 0 Å². The van der Waals surface area contributed by atoms with Crippen LogP contribution < -0.4 is 4.74 Å². The summed E-state index contributed by atoms with van der Waals surface area (Å²) in [6.07, 6.45) is -10.1. The van der Waals surface area contributed by atoms with Crippen LogP contribution in [0, 0.1) is 0 Å². The molecule has 0 atom stereocenters. The Morgan fingerprint density at radius 3 is 1.80 bits per heavy atom. The van der Waals surface area contributed by atoms with Crippen molar-refractivity contribution in [3.8, 4) is 5.75 Å². The van der Waals surface area contributed by atoms with E-state index in [0.29, 0.717) is 17.7 Å². The molecule has 2 aromatic carbocycles. The zero-order valence-corrected chi connectivity index (χ0v) is 15.6. The maximum atomic E-state index is 12.9. The molecule has 0 spiro atoms. The normalized spacial score (nSPS) is 11.8. The number of ether oxygens (including phenoxy) is 2. The molecule has 2 rings (SSSR count). The van der Waals surface area contributed by atoms with Gasteiger partial charge in [-0.2, -0.15) is 26.3 Å². The molecule has 0 saturated carbocycles. The number of hydrogen-bond donors (Lipinski definition) is 0. The molecule has 162 valence electrons. The predicted molar refractivity (Wildman–Crippen MR) is 92.3 cm³/mol. The van der Waals surface area contributed by atoms with Crippen molar-refractivity contribution in [3.05, 3.63) is 64.7 Å². The predicted octanol–water partition coefficient (Wildman–Crippen LogP) is 5.33. The number of carbonyl (C=O) groups excluding carboxylic acids is 2. The number of esters is 2. The molecule has 0 unspecified atom stereocenters. The molecule has 0 saturated heterocycles. The van der Waals surface area contributed by atoms with Gasteiger partial charge in [-0.1, -0.05) is 19.1 Å². The maximum Gasteiger partial charge on any atom is 0.416 e. The van der Waals surface area contributed by atoms with Gasteiger partial charge in [0.2, 0.25) is 0 Å². The Bertz CT molecular complexity index is 869. The van der Waals surface area contributed by atoms with Crippen molar-refractivity contribution in [1.29, 1.82) is 0 Å². The third-order valence-electron chi connectivity index (χ3n) is 3.84. The Hall–Kier alpha value is -3.04. The number of hydrogen-bond acceptors (Lipinski definition) is 4. The van der Waals surface area contributed by atoms with Gasteiger partial charge in [-0.3, -0.25) is 9.59 Å². The molecule has 0 bridgehead atoms. The molecule has 0 aliphatic carbocycles. The number of alkyl halides is 6. The number of rotatable bonds is 6. The van der Waals surface area contributed by atoms with Crippen molar-refractivity contribution in [1.82, 2.24) is 0 Å². The first-order valence-corrected chi connectivity index (χ1v) is 8.62. The summed E-state index contributed by atoms with van der Waals surface area (Å²) in [5, 5.41) is 0. The molecular weight excluding hydrogens is 418 g/mol. The Morgan fingerprint density at radius 1 is 0.800 bits per heavy atom. The van der Waals surface area contributed by atoms with Crippen LogP contribution in [0.15, 0.2) is 42.5 Å². The van der Waals surface area contributed by atoms with Crippen molar-refractivity contribution >= 4 is 11.9 Å². The zero-order chi connectivity index (χ0) is 22.5. The van der Waals surface area contributed by atoms with E-state index in [1.165, 1.54) is 24.3 Å².